The molecule has 0 aliphatic carbocycles. The van der Waals surface area contributed by atoms with Gasteiger partial charge in [0.2, 0.25) is 15.9 Å². The fourth-order valence-corrected chi connectivity index (χ4v) is 4.01. The van der Waals surface area contributed by atoms with Crippen LogP contribution in [-0.2, 0) is 14.8 Å². The van der Waals surface area contributed by atoms with Gasteiger partial charge in [-0.05, 0) is 37.3 Å². The highest BCUT2D eigenvalue weighted by Crippen LogP contribution is 2.32. The minimum Gasteiger partial charge on any atom is -0.492 e. The summed E-state index contributed by atoms with van der Waals surface area (Å²) in [4.78, 5) is 12.3. The molecule has 30 heavy (non-hydrogen) atoms. The van der Waals surface area contributed by atoms with Gasteiger partial charge in [-0.25, -0.2) is 13.1 Å². The Morgan fingerprint density at radius 3 is 2.67 bits per heavy atom. The number of rotatable bonds is 8. The fraction of sp³-hybridized carbons (Fsp3) is 0.350. The van der Waals surface area contributed by atoms with E-state index in [0.717, 1.165) is 6.42 Å². The normalized spacial score (nSPS) is 13.4. The maximum atomic E-state index is 12.6. The zero-order valence-corrected chi connectivity index (χ0v) is 18.0. The molecule has 1 aliphatic heterocycles. The van der Waals surface area contributed by atoms with Crippen LogP contribution in [0.25, 0.3) is 0 Å². The van der Waals surface area contributed by atoms with Crippen LogP contribution in [0.2, 0.25) is 5.02 Å². The molecule has 162 valence electrons. The standard InChI is InChI=1S/C20H23ClN2O6S/c1-2-27-17-6-4-14(21)12-16(17)23-20(24)8-9-22-30(25,26)15-5-7-18-19(13-15)29-11-3-10-28-18/h4-7,12-13,22H,2-3,8-11H2,1H3,(H,23,24). The van der Waals surface area contributed by atoms with Crippen molar-refractivity contribution in [3.8, 4) is 17.2 Å². The Morgan fingerprint density at radius 1 is 1.13 bits per heavy atom. The Bertz CT molecular complexity index is 1010. The molecule has 0 spiro atoms. The number of halogens is 1. The highest BCUT2D eigenvalue weighted by Gasteiger charge is 2.19. The molecule has 1 heterocycles. The van der Waals surface area contributed by atoms with Gasteiger partial charge in [0.05, 0.1) is 30.4 Å². The third kappa shape index (κ3) is 5.78. The number of sulfonamides is 1. The number of anilines is 1. The lowest BCUT2D eigenvalue weighted by atomic mass is 10.2. The Kier molecular flexibility index (Phi) is 7.41. The van der Waals surface area contributed by atoms with Crippen LogP contribution in [0.5, 0.6) is 17.2 Å². The van der Waals surface area contributed by atoms with Crippen molar-refractivity contribution in [3.05, 3.63) is 41.4 Å². The summed E-state index contributed by atoms with van der Waals surface area (Å²) in [6.45, 7) is 3.16. The predicted octanol–water partition coefficient (Wildman–Crippen LogP) is 3.21. The molecule has 8 nitrogen and oxygen atoms in total. The molecule has 10 heteroatoms. The van der Waals surface area contributed by atoms with Crippen LogP contribution < -0.4 is 24.2 Å². The summed E-state index contributed by atoms with van der Waals surface area (Å²) in [7, 11) is -3.81. The minimum absolute atomic E-state index is 0.0423. The number of fused-ring (bicyclic) bond motifs is 1. The molecule has 3 rings (SSSR count). The molecule has 0 fully saturated rings. The molecular weight excluding hydrogens is 432 g/mol. The second-order valence-corrected chi connectivity index (χ2v) is 8.63. The van der Waals surface area contributed by atoms with Crippen molar-refractivity contribution in [1.29, 1.82) is 0 Å². The first-order valence-electron chi connectivity index (χ1n) is 9.50. The summed E-state index contributed by atoms with van der Waals surface area (Å²) >= 11 is 5.98. The monoisotopic (exact) mass is 454 g/mol. The summed E-state index contributed by atoms with van der Waals surface area (Å²) in [6, 6.07) is 9.32. The van der Waals surface area contributed by atoms with E-state index < -0.39 is 10.0 Å². The van der Waals surface area contributed by atoms with Crippen LogP contribution in [0.15, 0.2) is 41.3 Å². The Labute approximate surface area is 180 Å². The summed E-state index contributed by atoms with van der Waals surface area (Å²) in [5, 5.41) is 3.14. The molecule has 2 N–H and O–H groups in total. The van der Waals surface area contributed by atoms with Crippen molar-refractivity contribution in [3.63, 3.8) is 0 Å². The predicted molar refractivity (Wildman–Crippen MR) is 113 cm³/mol. The molecule has 1 amide bonds. The average Bonchev–Trinajstić information content (AvgIpc) is 2.95. The molecular formula is C20H23ClN2O6S. The highest BCUT2D eigenvalue weighted by atomic mass is 35.5. The van der Waals surface area contributed by atoms with Crippen molar-refractivity contribution in [1.82, 2.24) is 4.72 Å². The first-order chi connectivity index (χ1) is 14.4. The fourth-order valence-electron chi connectivity index (χ4n) is 2.79. The smallest absolute Gasteiger partial charge is 0.240 e. The lowest BCUT2D eigenvalue weighted by molar-refractivity contribution is -0.116. The van der Waals surface area contributed by atoms with Crippen LogP contribution in [0, 0.1) is 0 Å². The van der Waals surface area contributed by atoms with Gasteiger partial charge in [0.1, 0.15) is 5.75 Å². The van der Waals surface area contributed by atoms with Gasteiger partial charge in [-0.15, -0.1) is 0 Å². The van der Waals surface area contributed by atoms with Gasteiger partial charge in [0, 0.05) is 30.5 Å². The van der Waals surface area contributed by atoms with Crippen LogP contribution in [-0.4, -0.2) is 40.7 Å². The summed E-state index contributed by atoms with van der Waals surface area (Å²) in [6.07, 6.45) is 0.656. The van der Waals surface area contributed by atoms with Gasteiger partial charge in [-0.3, -0.25) is 4.79 Å². The molecule has 0 atom stereocenters. The molecule has 2 aromatic carbocycles. The van der Waals surface area contributed by atoms with Crippen molar-refractivity contribution >= 4 is 33.2 Å². The Balaban J connectivity index is 1.59. The van der Waals surface area contributed by atoms with E-state index in [1.165, 1.54) is 12.1 Å². The van der Waals surface area contributed by atoms with E-state index in [9.17, 15) is 13.2 Å². The van der Waals surface area contributed by atoms with Crippen molar-refractivity contribution in [2.75, 3.05) is 31.7 Å². The van der Waals surface area contributed by atoms with Crippen molar-refractivity contribution in [2.24, 2.45) is 0 Å². The number of hydrogen-bond acceptors (Lipinski definition) is 6. The number of amides is 1. The van der Waals surface area contributed by atoms with E-state index in [1.54, 1.807) is 24.3 Å². The summed E-state index contributed by atoms with van der Waals surface area (Å²) in [5.74, 6) is 1.01. The number of ether oxygens (including phenoxy) is 3. The zero-order chi connectivity index (χ0) is 21.6. The van der Waals surface area contributed by atoms with E-state index >= 15 is 0 Å². The van der Waals surface area contributed by atoms with E-state index in [2.05, 4.69) is 10.0 Å². The SMILES string of the molecule is CCOc1ccc(Cl)cc1NC(=O)CCNS(=O)(=O)c1ccc2c(c1)OCCCO2. The first kappa shape index (κ1) is 22.2. The second kappa shape index (κ2) is 10.0. The van der Waals surface area contributed by atoms with Gasteiger partial charge in [-0.1, -0.05) is 11.6 Å². The average molecular weight is 455 g/mol. The lowest BCUT2D eigenvalue weighted by Gasteiger charge is -2.13. The quantitative estimate of drug-likeness (QED) is 0.634. The van der Waals surface area contributed by atoms with Crippen LogP contribution >= 0.6 is 11.6 Å². The number of carbonyl (C=O) groups is 1. The number of nitrogens with one attached hydrogen (secondary N) is 2. The topological polar surface area (TPSA) is 103 Å². The summed E-state index contributed by atoms with van der Waals surface area (Å²) < 4.78 is 44.0. The van der Waals surface area contributed by atoms with E-state index in [4.69, 9.17) is 25.8 Å². The van der Waals surface area contributed by atoms with Crippen LogP contribution in [0.3, 0.4) is 0 Å². The molecule has 0 saturated heterocycles. The third-order valence-corrected chi connectivity index (χ3v) is 5.88. The zero-order valence-electron chi connectivity index (χ0n) is 16.4. The van der Waals surface area contributed by atoms with Gasteiger partial charge < -0.3 is 19.5 Å². The molecule has 0 unspecified atom stereocenters. The maximum absolute atomic E-state index is 12.6. The summed E-state index contributed by atoms with van der Waals surface area (Å²) in [5.41, 5.74) is 0.431. The number of hydrogen-bond donors (Lipinski definition) is 2. The first-order valence-corrected chi connectivity index (χ1v) is 11.4. The van der Waals surface area contributed by atoms with Gasteiger partial charge >= 0.3 is 0 Å². The second-order valence-electron chi connectivity index (χ2n) is 6.43. The van der Waals surface area contributed by atoms with Crippen LogP contribution in [0.4, 0.5) is 5.69 Å². The molecule has 0 saturated carbocycles. The lowest BCUT2D eigenvalue weighted by Crippen LogP contribution is -2.28. The maximum Gasteiger partial charge on any atom is 0.240 e. The molecule has 1 aliphatic rings. The Hall–Kier alpha value is -2.49. The van der Waals surface area contributed by atoms with E-state index in [-0.39, 0.29) is 23.8 Å². The Morgan fingerprint density at radius 2 is 1.90 bits per heavy atom. The number of benzene rings is 2. The van der Waals surface area contributed by atoms with Crippen molar-refractivity contribution < 1.29 is 27.4 Å². The third-order valence-electron chi connectivity index (χ3n) is 4.19. The van der Waals surface area contributed by atoms with Gasteiger partial charge in [0.15, 0.2) is 11.5 Å². The minimum atomic E-state index is -3.81. The molecule has 0 radical (unpaired) electrons. The van der Waals surface area contributed by atoms with Crippen molar-refractivity contribution in [2.45, 2.75) is 24.7 Å². The van der Waals surface area contributed by atoms with Gasteiger partial charge in [-0.2, -0.15) is 0 Å². The van der Waals surface area contributed by atoms with E-state index in [1.807, 2.05) is 6.92 Å². The molecule has 0 bridgehead atoms. The van der Waals surface area contributed by atoms with Gasteiger partial charge in [0.25, 0.3) is 0 Å². The molecule has 2 aromatic rings. The molecule has 0 aromatic heterocycles. The largest absolute Gasteiger partial charge is 0.492 e. The highest BCUT2D eigenvalue weighted by molar-refractivity contribution is 7.89. The van der Waals surface area contributed by atoms with Crippen LogP contribution in [0.1, 0.15) is 19.8 Å². The van der Waals surface area contributed by atoms with E-state index in [0.29, 0.717) is 47.8 Å². The number of carbonyl (C=O) groups excluding carboxylic acids is 1.